The molecular weight excluding hydrogens is 306 g/mol. The van der Waals surface area contributed by atoms with Gasteiger partial charge in [-0.05, 0) is 31.9 Å². The van der Waals surface area contributed by atoms with Crippen molar-refractivity contribution in [3.05, 3.63) is 23.8 Å². The van der Waals surface area contributed by atoms with Crippen molar-refractivity contribution >= 4 is 5.96 Å². The van der Waals surface area contributed by atoms with E-state index in [0.717, 1.165) is 49.3 Å². The molecule has 134 valence electrons. The molecule has 0 spiro atoms. The summed E-state index contributed by atoms with van der Waals surface area (Å²) in [5.41, 5.74) is 0.378. The van der Waals surface area contributed by atoms with E-state index < -0.39 is 5.60 Å². The van der Waals surface area contributed by atoms with Crippen LogP contribution in [0.5, 0.6) is 11.5 Å². The third-order valence-corrected chi connectivity index (χ3v) is 4.37. The van der Waals surface area contributed by atoms with Crippen molar-refractivity contribution < 1.29 is 14.6 Å². The molecule has 1 aromatic rings. The van der Waals surface area contributed by atoms with E-state index in [9.17, 15) is 5.11 Å². The number of ether oxygens (including phenoxy) is 2. The van der Waals surface area contributed by atoms with Crippen molar-refractivity contribution in [1.82, 2.24) is 10.6 Å². The molecule has 0 heterocycles. The molecule has 0 saturated heterocycles. The number of nitrogens with one attached hydrogen (secondary N) is 2. The summed E-state index contributed by atoms with van der Waals surface area (Å²) < 4.78 is 10.6. The Labute approximate surface area is 144 Å². The zero-order valence-corrected chi connectivity index (χ0v) is 14.9. The monoisotopic (exact) mass is 335 g/mol. The zero-order valence-electron chi connectivity index (χ0n) is 14.9. The van der Waals surface area contributed by atoms with Crippen LogP contribution in [0, 0.1) is 0 Å². The number of methoxy groups -OCH3 is 2. The quantitative estimate of drug-likeness (QED) is 0.525. The average molecular weight is 335 g/mol. The predicted molar refractivity (Wildman–Crippen MR) is 95.8 cm³/mol. The van der Waals surface area contributed by atoms with Crippen LogP contribution in [-0.4, -0.2) is 44.0 Å². The summed E-state index contributed by atoms with van der Waals surface area (Å²) >= 11 is 0. The second-order valence-electron chi connectivity index (χ2n) is 6.16. The number of aliphatic hydroxyl groups is 1. The Kier molecular flexibility index (Phi) is 6.73. The number of rotatable bonds is 7. The molecular formula is C18H29N3O3. The van der Waals surface area contributed by atoms with Crippen LogP contribution in [0.4, 0.5) is 0 Å². The molecule has 1 aliphatic carbocycles. The molecule has 0 atom stereocenters. The molecule has 1 aliphatic rings. The van der Waals surface area contributed by atoms with Gasteiger partial charge in [0.25, 0.3) is 0 Å². The fraction of sp³-hybridized carbons (Fsp3) is 0.611. The van der Waals surface area contributed by atoms with Crippen LogP contribution in [-0.2, 0) is 6.54 Å². The highest BCUT2D eigenvalue weighted by atomic mass is 16.5. The van der Waals surface area contributed by atoms with Crippen LogP contribution in [0.3, 0.4) is 0 Å². The zero-order chi connectivity index (χ0) is 17.4. The lowest BCUT2D eigenvalue weighted by atomic mass is 10.0. The second-order valence-corrected chi connectivity index (χ2v) is 6.16. The molecule has 2 rings (SSSR count). The van der Waals surface area contributed by atoms with Crippen LogP contribution in [0.15, 0.2) is 23.2 Å². The Morgan fingerprint density at radius 2 is 1.96 bits per heavy atom. The van der Waals surface area contributed by atoms with Crippen molar-refractivity contribution in [2.75, 3.05) is 27.3 Å². The molecule has 0 bridgehead atoms. The van der Waals surface area contributed by atoms with Gasteiger partial charge < -0.3 is 25.2 Å². The topological polar surface area (TPSA) is 75.1 Å². The molecule has 0 unspecified atom stereocenters. The lowest BCUT2D eigenvalue weighted by Gasteiger charge is -2.23. The largest absolute Gasteiger partial charge is 0.497 e. The minimum atomic E-state index is -0.603. The first kappa shape index (κ1) is 18.4. The van der Waals surface area contributed by atoms with Crippen LogP contribution in [0.25, 0.3) is 0 Å². The maximum absolute atomic E-state index is 10.5. The van der Waals surface area contributed by atoms with Crippen LogP contribution >= 0.6 is 0 Å². The highest BCUT2D eigenvalue weighted by Crippen LogP contribution is 2.28. The van der Waals surface area contributed by atoms with E-state index in [0.29, 0.717) is 19.0 Å². The first-order chi connectivity index (χ1) is 11.6. The highest BCUT2D eigenvalue weighted by Gasteiger charge is 2.30. The summed E-state index contributed by atoms with van der Waals surface area (Å²) in [6.07, 6.45) is 3.89. The lowest BCUT2D eigenvalue weighted by molar-refractivity contribution is 0.0522. The fourth-order valence-corrected chi connectivity index (χ4v) is 2.95. The summed E-state index contributed by atoms with van der Waals surface area (Å²) in [7, 11) is 3.27. The van der Waals surface area contributed by atoms with Crippen LogP contribution < -0.4 is 20.1 Å². The molecule has 0 amide bonds. The second kappa shape index (κ2) is 8.78. The Bertz CT molecular complexity index is 554. The van der Waals surface area contributed by atoms with E-state index in [1.165, 1.54) is 0 Å². The van der Waals surface area contributed by atoms with Gasteiger partial charge in [0.1, 0.15) is 11.5 Å². The average Bonchev–Trinajstić information content (AvgIpc) is 3.04. The summed E-state index contributed by atoms with van der Waals surface area (Å²) in [5.74, 6) is 2.21. The summed E-state index contributed by atoms with van der Waals surface area (Å²) in [6, 6.07) is 5.71. The van der Waals surface area contributed by atoms with E-state index in [-0.39, 0.29) is 0 Å². The van der Waals surface area contributed by atoms with Gasteiger partial charge in [0.05, 0.1) is 26.4 Å². The predicted octanol–water partition coefficient (Wildman–Crippen LogP) is 2.06. The minimum absolute atomic E-state index is 0.487. The number of hydrogen-bond acceptors (Lipinski definition) is 4. The van der Waals surface area contributed by atoms with E-state index in [1.54, 1.807) is 14.2 Å². The van der Waals surface area contributed by atoms with Gasteiger partial charge in [-0.15, -0.1) is 0 Å². The Morgan fingerprint density at radius 1 is 1.21 bits per heavy atom. The maximum Gasteiger partial charge on any atom is 0.191 e. The number of hydrogen-bond donors (Lipinski definition) is 3. The van der Waals surface area contributed by atoms with Gasteiger partial charge in [0.2, 0.25) is 0 Å². The summed E-state index contributed by atoms with van der Waals surface area (Å²) in [5, 5.41) is 16.9. The van der Waals surface area contributed by atoms with E-state index in [4.69, 9.17) is 9.47 Å². The summed E-state index contributed by atoms with van der Waals surface area (Å²) in [6.45, 7) is 3.80. The normalized spacial score (nSPS) is 16.8. The number of guanidine groups is 1. The Morgan fingerprint density at radius 3 is 2.58 bits per heavy atom. The molecule has 0 aliphatic heterocycles. The van der Waals surface area contributed by atoms with Crippen molar-refractivity contribution in [1.29, 1.82) is 0 Å². The van der Waals surface area contributed by atoms with Gasteiger partial charge in [0.15, 0.2) is 5.96 Å². The molecule has 0 radical (unpaired) electrons. The van der Waals surface area contributed by atoms with Crippen molar-refractivity contribution in [2.45, 2.75) is 44.8 Å². The molecule has 1 aromatic carbocycles. The number of aliphatic imine (C=N–C) groups is 1. The van der Waals surface area contributed by atoms with E-state index >= 15 is 0 Å². The Hall–Kier alpha value is -1.95. The fourth-order valence-electron chi connectivity index (χ4n) is 2.95. The van der Waals surface area contributed by atoms with Gasteiger partial charge >= 0.3 is 0 Å². The molecule has 24 heavy (non-hydrogen) atoms. The number of nitrogens with zero attached hydrogens (tertiary/aromatic N) is 1. The highest BCUT2D eigenvalue weighted by molar-refractivity contribution is 5.79. The van der Waals surface area contributed by atoms with Gasteiger partial charge in [-0.25, -0.2) is 4.99 Å². The molecule has 0 aromatic heterocycles. The SMILES string of the molecule is CCNC(=NCc1ccc(OC)cc1OC)NCC1(O)CCCC1. The van der Waals surface area contributed by atoms with E-state index in [1.807, 2.05) is 25.1 Å². The maximum atomic E-state index is 10.5. The summed E-state index contributed by atoms with van der Waals surface area (Å²) in [4.78, 5) is 4.60. The molecule has 3 N–H and O–H groups in total. The van der Waals surface area contributed by atoms with E-state index in [2.05, 4.69) is 15.6 Å². The molecule has 1 saturated carbocycles. The Balaban J connectivity index is 2.02. The molecule has 6 nitrogen and oxygen atoms in total. The first-order valence-corrected chi connectivity index (χ1v) is 8.55. The minimum Gasteiger partial charge on any atom is -0.497 e. The van der Waals surface area contributed by atoms with Crippen molar-refractivity contribution in [2.24, 2.45) is 4.99 Å². The number of benzene rings is 1. The van der Waals surface area contributed by atoms with Gasteiger partial charge in [0, 0.05) is 24.7 Å². The van der Waals surface area contributed by atoms with Gasteiger partial charge in [-0.2, -0.15) is 0 Å². The van der Waals surface area contributed by atoms with Crippen LogP contribution in [0.2, 0.25) is 0 Å². The van der Waals surface area contributed by atoms with Crippen LogP contribution in [0.1, 0.15) is 38.2 Å². The first-order valence-electron chi connectivity index (χ1n) is 8.55. The van der Waals surface area contributed by atoms with Gasteiger partial charge in [-0.3, -0.25) is 0 Å². The third-order valence-electron chi connectivity index (χ3n) is 4.37. The smallest absolute Gasteiger partial charge is 0.191 e. The van der Waals surface area contributed by atoms with Crippen molar-refractivity contribution in [3.63, 3.8) is 0 Å². The lowest BCUT2D eigenvalue weighted by Crippen LogP contribution is -2.46. The molecule has 1 fully saturated rings. The molecule has 6 heteroatoms. The standard InChI is InChI=1S/C18H29N3O3/c1-4-19-17(21-13-18(22)9-5-6-10-18)20-12-14-7-8-15(23-2)11-16(14)24-3/h7-8,11,22H,4-6,9-10,12-13H2,1-3H3,(H2,19,20,21). The van der Waals surface area contributed by atoms with Gasteiger partial charge in [-0.1, -0.05) is 12.8 Å². The third kappa shape index (κ3) is 5.03. The van der Waals surface area contributed by atoms with Crippen molar-refractivity contribution in [3.8, 4) is 11.5 Å².